The summed E-state index contributed by atoms with van der Waals surface area (Å²) in [6, 6.07) is 19.5. The van der Waals surface area contributed by atoms with Crippen LogP contribution < -0.4 is 15.6 Å². The molecule has 51 heavy (non-hydrogen) atoms. The Morgan fingerprint density at radius 1 is 1.14 bits per heavy atom. The first-order chi connectivity index (χ1) is 24.6. The van der Waals surface area contributed by atoms with E-state index in [4.69, 9.17) is 9.47 Å². The van der Waals surface area contributed by atoms with E-state index in [1.807, 2.05) is 67.8 Å². The highest BCUT2D eigenvalue weighted by Crippen LogP contribution is 2.41. The summed E-state index contributed by atoms with van der Waals surface area (Å²) in [5.74, 6) is 1.56. The summed E-state index contributed by atoms with van der Waals surface area (Å²) in [7, 11) is 2.17. The third-order valence-corrected chi connectivity index (χ3v) is 11.1. The molecule has 272 valence electrons. The van der Waals surface area contributed by atoms with Crippen LogP contribution in [0.1, 0.15) is 68.4 Å². The number of nitrogens with zero attached hydrogens (tertiary/aromatic N) is 1. The molecule has 1 aliphatic carbocycles. The molecule has 0 saturated heterocycles. The minimum absolute atomic E-state index is 0.0316. The van der Waals surface area contributed by atoms with E-state index in [1.54, 1.807) is 12.1 Å². The summed E-state index contributed by atoms with van der Waals surface area (Å²) in [6.45, 7) is 13.3. The van der Waals surface area contributed by atoms with Gasteiger partial charge in [-0.2, -0.15) is 0 Å². The molecular weight excluding hydrogens is 659 g/mol. The van der Waals surface area contributed by atoms with Crippen molar-refractivity contribution in [1.29, 1.82) is 0 Å². The number of benzene rings is 2. The zero-order valence-electron chi connectivity index (χ0n) is 30.4. The Kier molecular flexibility index (Phi) is 13.3. The lowest BCUT2D eigenvalue weighted by Crippen LogP contribution is -2.40. The quantitative estimate of drug-likeness (QED) is 0.0503. The number of allylic oxidation sites excluding steroid dienone is 3. The van der Waals surface area contributed by atoms with Crippen molar-refractivity contribution >= 4 is 22.2 Å². The van der Waals surface area contributed by atoms with Crippen molar-refractivity contribution in [2.45, 2.75) is 76.5 Å². The molecule has 0 radical (unpaired) electrons. The van der Waals surface area contributed by atoms with Gasteiger partial charge in [-0.15, -0.1) is 11.3 Å². The van der Waals surface area contributed by atoms with Gasteiger partial charge in [0.15, 0.2) is 5.60 Å². The molecule has 4 aromatic rings. The average molecular weight is 712 g/mol. The molecule has 0 amide bonds. The second-order valence-electron chi connectivity index (χ2n) is 13.6. The van der Waals surface area contributed by atoms with E-state index in [2.05, 4.69) is 47.9 Å². The van der Waals surface area contributed by atoms with Gasteiger partial charge in [-0.1, -0.05) is 56.0 Å². The number of phenolic OH excluding ortho intramolecular Hbond substituents is 1. The van der Waals surface area contributed by atoms with E-state index in [1.165, 1.54) is 23.0 Å². The van der Waals surface area contributed by atoms with E-state index in [0.717, 1.165) is 78.9 Å². The van der Waals surface area contributed by atoms with Crippen molar-refractivity contribution in [3.63, 3.8) is 0 Å². The van der Waals surface area contributed by atoms with Crippen LogP contribution in [-0.2, 0) is 16.8 Å². The molecule has 4 N–H and O–H groups in total. The lowest BCUT2D eigenvalue weighted by Gasteiger charge is -2.37. The number of aromatic amines is 1. The molecule has 5 rings (SSSR count). The van der Waals surface area contributed by atoms with Crippen molar-refractivity contribution in [3.05, 3.63) is 129 Å². The fraction of sp³-hybridized carbons (Fsp3) is 0.405. The highest BCUT2D eigenvalue weighted by Gasteiger charge is 2.39. The summed E-state index contributed by atoms with van der Waals surface area (Å²) in [5, 5.41) is 28.4. The van der Waals surface area contributed by atoms with E-state index >= 15 is 0 Å². The van der Waals surface area contributed by atoms with Crippen LogP contribution in [-0.4, -0.2) is 65.5 Å². The van der Waals surface area contributed by atoms with Crippen LogP contribution in [0.2, 0.25) is 0 Å². The molecule has 0 bridgehead atoms. The van der Waals surface area contributed by atoms with Crippen LogP contribution in [0.4, 0.5) is 0 Å². The van der Waals surface area contributed by atoms with Crippen LogP contribution in [0.15, 0.2) is 107 Å². The fourth-order valence-electron chi connectivity index (χ4n) is 6.88. The molecule has 1 saturated carbocycles. The smallest absolute Gasteiger partial charge is 0.248 e. The lowest BCUT2D eigenvalue weighted by molar-refractivity contribution is -0.0135. The molecule has 2 heterocycles. The largest absolute Gasteiger partial charge is 0.506 e. The highest BCUT2D eigenvalue weighted by atomic mass is 32.1. The molecule has 1 fully saturated rings. The van der Waals surface area contributed by atoms with Crippen molar-refractivity contribution < 1.29 is 19.7 Å². The topological polar surface area (TPSA) is 107 Å². The molecule has 0 spiro atoms. The SMILES string of the molecule is C=C(OC1CCC(N(C)CCOc2ccc(CCNC[C@H](C)c3ccc(O)c4[nH]c(=O)ccc34)cc2)CC1)C(O)(/C(C)=C/C=C\C)c1cccs1. The number of fused-ring (bicyclic) bond motifs is 1. The van der Waals surface area contributed by atoms with Gasteiger partial charge in [0.1, 0.15) is 23.9 Å². The zero-order valence-corrected chi connectivity index (χ0v) is 31.2. The van der Waals surface area contributed by atoms with Crippen LogP contribution in [0.5, 0.6) is 11.5 Å². The Morgan fingerprint density at radius 3 is 2.61 bits per heavy atom. The molecule has 8 nitrogen and oxygen atoms in total. The van der Waals surface area contributed by atoms with Crippen LogP contribution in [0.25, 0.3) is 10.9 Å². The monoisotopic (exact) mass is 711 g/mol. The third-order valence-electron chi connectivity index (χ3n) is 10.1. The van der Waals surface area contributed by atoms with E-state index in [0.29, 0.717) is 23.9 Å². The minimum Gasteiger partial charge on any atom is -0.506 e. The molecule has 2 aromatic heterocycles. The number of phenols is 1. The number of aromatic nitrogens is 1. The number of aromatic hydroxyl groups is 1. The Hall–Kier alpha value is -4.15. The van der Waals surface area contributed by atoms with Gasteiger partial charge in [0.05, 0.1) is 11.6 Å². The van der Waals surface area contributed by atoms with Crippen LogP contribution in [0, 0.1) is 0 Å². The molecule has 2 aromatic carbocycles. The number of thiophene rings is 1. The van der Waals surface area contributed by atoms with E-state index < -0.39 is 5.60 Å². The Bertz CT molecular complexity index is 1840. The maximum atomic E-state index is 11.8. The predicted molar refractivity (Wildman–Crippen MR) is 209 cm³/mol. The Balaban J connectivity index is 1.00. The maximum absolute atomic E-state index is 11.8. The van der Waals surface area contributed by atoms with Crippen molar-refractivity contribution in [2.24, 2.45) is 0 Å². The lowest BCUT2D eigenvalue weighted by atomic mass is 9.89. The molecule has 0 aliphatic heterocycles. The van der Waals surface area contributed by atoms with Gasteiger partial charge in [0, 0.05) is 35.5 Å². The molecule has 1 unspecified atom stereocenters. The van der Waals surface area contributed by atoms with Gasteiger partial charge in [-0.3, -0.25) is 4.79 Å². The van der Waals surface area contributed by atoms with Crippen molar-refractivity contribution in [2.75, 3.05) is 33.3 Å². The third kappa shape index (κ3) is 9.60. The first-order valence-electron chi connectivity index (χ1n) is 18.0. The summed E-state index contributed by atoms with van der Waals surface area (Å²) < 4.78 is 12.5. The molecular formula is C42H53N3O5S. The van der Waals surface area contributed by atoms with Crippen LogP contribution in [0.3, 0.4) is 0 Å². The van der Waals surface area contributed by atoms with Gasteiger partial charge >= 0.3 is 0 Å². The number of pyridine rings is 1. The second kappa shape index (κ2) is 17.9. The first kappa shape index (κ1) is 38.1. The second-order valence-corrected chi connectivity index (χ2v) is 14.6. The van der Waals surface area contributed by atoms with Gasteiger partial charge in [-0.25, -0.2) is 0 Å². The average Bonchev–Trinajstić information content (AvgIpc) is 3.69. The number of nitrogens with one attached hydrogen (secondary N) is 2. The van der Waals surface area contributed by atoms with Gasteiger partial charge in [0.2, 0.25) is 5.56 Å². The summed E-state index contributed by atoms with van der Waals surface area (Å²) in [6.07, 6.45) is 10.6. The number of ether oxygens (including phenoxy) is 2. The first-order valence-corrected chi connectivity index (χ1v) is 18.9. The number of hydrogen-bond donors (Lipinski definition) is 4. The molecule has 2 atom stereocenters. The van der Waals surface area contributed by atoms with E-state index in [-0.39, 0.29) is 23.3 Å². The van der Waals surface area contributed by atoms with Crippen molar-refractivity contribution in [3.8, 4) is 11.5 Å². The number of aliphatic hydroxyl groups is 1. The summed E-state index contributed by atoms with van der Waals surface area (Å²) in [5.41, 5.74) is 2.04. The fourth-order valence-corrected chi connectivity index (χ4v) is 7.79. The summed E-state index contributed by atoms with van der Waals surface area (Å²) in [4.78, 5) is 17.7. The van der Waals surface area contributed by atoms with Gasteiger partial charge < -0.3 is 34.9 Å². The number of likely N-dealkylation sites (N-methyl/N-ethyl adjacent to an activating group) is 1. The normalized spacial score (nSPS) is 18.6. The molecule has 9 heteroatoms. The zero-order chi connectivity index (χ0) is 36.4. The Labute approximate surface area is 306 Å². The minimum atomic E-state index is -1.34. The predicted octanol–water partition coefficient (Wildman–Crippen LogP) is 7.79. The number of rotatable bonds is 17. The van der Waals surface area contributed by atoms with Gasteiger partial charge in [0.25, 0.3) is 0 Å². The number of hydrogen-bond acceptors (Lipinski definition) is 8. The van der Waals surface area contributed by atoms with Gasteiger partial charge in [-0.05, 0) is 118 Å². The number of H-pyrrole nitrogens is 1. The van der Waals surface area contributed by atoms with Crippen LogP contribution >= 0.6 is 11.3 Å². The van der Waals surface area contributed by atoms with E-state index in [9.17, 15) is 15.0 Å². The summed E-state index contributed by atoms with van der Waals surface area (Å²) >= 11 is 1.51. The highest BCUT2D eigenvalue weighted by molar-refractivity contribution is 7.10. The standard InChI is InChI=1S/C42H53N3O5S/c1-6-7-9-30(3)42(48,39-10-8-27-51-39)31(4)50-35-17-13-33(14-18-35)45(5)25-26-49-34-15-11-32(12-16-34)23-24-43-28-29(2)36-19-21-38(46)41-37(36)20-22-40(47)44-41/h6-12,15-16,19-22,27,29,33,35,43,46,48H,4,13-14,17-18,23-26,28H2,1-3,5H3,(H,44,47)/b7-6-,30-9+/t29-,33?,35?,42?/m0/s1. The maximum Gasteiger partial charge on any atom is 0.248 e. The van der Waals surface area contributed by atoms with Crippen molar-refractivity contribution in [1.82, 2.24) is 15.2 Å². The Morgan fingerprint density at radius 2 is 1.90 bits per heavy atom. The molecule has 1 aliphatic rings.